The number of carboxylic acids is 1. The minimum atomic E-state index is -0.856. The highest BCUT2D eigenvalue weighted by molar-refractivity contribution is 5.67. The fourth-order valence-electron chi connectivity index (χ4n) is 0.962. The molecule has 78 valence electrons. The molecule has 3 nitrogen and oxygen atoms in total. The van der Waals surface area contributed by atoms with E-state index in [1.807, 2.05) is 6.92 Å². The lowest BCUT2D eigenvalue weighted by atomic mass is 9.96. The van der Waals surface area contributed by atoms with Crippen LogP contribution in [0.4, 0.5) is 0 Å². The molecule has 0 saturated heterocycles. The number of hydrogen-bond acceptors (Lipinski definition) is 2. The molecule has 0 radical (unpaired) electrons. The van der Waals surface area contributed by atoms with E-state index in [0.29, 0.717) is 6.54 Å². The van der Waals surface area contributed by atoms with Gasteiger partial charge in [-0.25, -0.2) is 0 Å². The molecule has 14 heavy (non-hydrogen) atoms. The molecule has 0 aromatic rings. The summed E-state index contributed by atoms with van der Waals surface area (Å²) in [5.74, 6) is -1.05. The molecule has 0 aliphatic heterocycles. The molecule has 0 rings (SSSR count). The van der Waals surface area contributed by atoms with E-state index in [2.05, 4.69) is 13.2 Å². The van der Waals surface area contributed by atoms with Crippen molar-refractivity contribution in [2.45, 2.75) is 13.3 Å². The maximum atomic E-state index is 10.5. The zero-order valence-electron chi connectivity index (χ0n) is 8.49. The topological polar surface area (TPSA) is 63.3 Å². The van der Waals surface area contributed by atoms with Gasteiger partial charge < -0.3 is 10.8 Å². The summed E-state index contributed by atoms with van der Waals surface area (Å²) in [4.78, 5) is 10.5. The van der Waals surface area contributed by atoms with E-state index in [4.69, 9.17) is 10.8 Å². The highest BCUT2D eigenvalue weighted by Crippen LogP contribution is 2.14. The van der Waals surface area contributed by atoms with E-state index in [1.165, 1.54) is 0 Å². The third-order valence-electron chi connectivity index (χ3n) is 1.81. The summed E-state index contributed by atoms with van der Waals surface area (Å²) >= 11 is 0. The van der Waals surface area contributed by atoms with Gasteiger partial charge in [0, 0.05) is 5.92 Å². The lowest BCUT2D eigenvalue weighted by Crippen LogP contribution is -2.19. The molecule has 0 fully saturated rings. The van der Waals surface area contributed by atoms with Crippen molar-refractivity contribution in [3.8, 4) is 0 Å². The maximum Gasteiger partial charge on any atom is 0.304 e. The van der Waals surface area contributed by atoms with E-state index in [9.17, 15) is 4.79 Å². The number of aliphatic carboxylic acids is 1. The fraction of sp³-hybridized carbons (Fsp3) is 0.364. The van der Waals surface area contributed by atoms with Gasteiger partial charge in [-0.1, -0.05) is 36.5 Å². The zero-order valence-corrected chi connectivity index (χ0v) is 8.49. The smallest absolute Gasteiger partial charge is 0.304 e. The van der Waals surface area contributed by atoms with Crippen LogP contribution in [-0.4, -0.2) is 17.6 Å². The van der Waals surface area contributed by atoms with Crippen LogP contribution < -0.4 is 5.73 Å². The predicted molar refractivity (Wildman–Crippen MR) is 57.9 cm³/mol. The molecule has 0 aliphatic carbocycles. The molecule has 0 heterocycles. The monoisotopic (exact) mass is 195 g/mol. The summed E-state index contributed by atoms with van der Waals surface area (Å²) in [6, 6.07) is 0. The first-order chi connectivity index (χ1) is 6.47. The number of carboxylic acid groups (broad SMARTS) is 1. The van der Waals surface area contributed by atoms with E-state index in [-0.39, 0.29) is 12.3 Å². The number of allylic oxidation sites excluding steroid dienone is 3. The summed E-state index contributed by atoms with van der Waals surface area (Å²) < 4.78 is 0. The molecule has 0 amide bonds. The summed E-state index contributed by atoms with van der Waals surface area (Å²) in [6.45, 7) is 9.63. The SMILES string of the molecule is C=C(C)/C=C\C(=C)C(CN)CC(=O)O. The van der Waals surface area contributed by atoms with Crippen molar-refractivity contribution in [1.82, 2.24) is 0 Å². The standard InChI is InChI=1S/C11H17NO2/c1-8(2)4-5-9(3)10(7-12)6-11(13)14/h4-5,10H,1,3,6-7,12H2,2H3,(H,13,14)/b5-4-. The first-order valence-corrected chi connectivity index (χ1v) is 4.41. The molecule has 0 saturated carbocycles. The van der Waals surface area contributed by atoms with Gasteiger partial charge in [-0.05, 0) is 13.5 Å². The normalized spacial score (nSPS) is 12.7. The van der Waals surface area contributed by atoms with Crippen LogP contribution in [-0.2, 0) is 4.79 Å². The van der Waals surface area contributed by atoms with E-state index in [0.717, 1.165) is 11.1 Å². The first kappa shape index (κ1) is 12.7. The molecule has 3 N–H and O–H groups in total. The van der Waals surface area contributed by atoms with Crippen LogP contribution in [0.5, 0.6) is 0 Å². The minimum Gasteiger partial charge on any atom is -0.481 e. The van der Waals surface area contributed by atoms with Crippen LogP contribution in [0.3, 0.4) is 0 Å². The zero-order chi connectivity index (χ0) is 11.1. The minimum absolute atomic E-state index is 0.0237. The molecular formula is C11H17NO2. The summed E-state index contributed by atoms with van der Waals surface area (Å²) in [5.41, 5.74) is 7.08. The van der Waals surface area contributed by atoms with Gasteiger partial charge in [-0.3, -0.25) is 4.79 Å². The Bertz CT molecular complexity index is 266. The Labute approximate surface area is 84.6 Å². The second-order valence-corrected chi connectivity index (χ2v) is 3.29. The summed E-state index contributed by atoms with van der Waals surface area (Å²) in [7, 11) is 0. The van der Waals surface area contributed by atoms with Crippen molar-refractivity contribution in [2.24, 2.45) is 11.7 Å². The van der Waals surface area contributed by atoms with Gasteiger partial charge >= 0.3 is 5.97 Å². The molecule has 0 bridgehead atoms. The molecule has 0 aromatic heterocycles. The maximum absolute atomic E-state index is 10.5. The Balaban J connectivity index is 4.31. The Morgan fingerprint density at radius 2 is 2.07 bits per heavy atom. The van der Waals surface area contributed by atoms with E-state index >= 15 is 0 Å². The van der Waals surface area contributed by atoms with Crippen LogP contribution in [0.2, 0.25) is 0 Å². The van der Waals surface area contributed by atoms with Gasteiger partial charge in [0.15, 0.2) is 0 Å². The Hall–Kier alpha value is -1.35. The second-order valence-electron chi connectivity index (χ2n) is 3.29. The van der Waals surface area contributed by atoms with Crippen LogP contribution >= 0.6 is 0 Å². The number of nitrogens with two attached hydrogens (primary N) is 1. The lowest BCUT2D eigenvalue weighted by molar-refractivity contribution is -0.137. The van der Waals surface area contributed by atoms with Gasteiger partial charge in [0.25, 0.3) is 0 Å². The molecular weight excluding hydrogens is 178 g/mol. The van der Waals surface area contributed by atoms with Crippen LogP contribution in [0.1, 0.15) is 13.3 Å². The predicted octanol–water partition coefficient (Wildman–Crippen LogP) is 1.72. The Kier molecular flexibility index (Phi) is 5.56. The molecule has 0 spiro atoms. The molecule has 1 atom stereocenters. The second kappa shape index (κ2) is 6.16. The van der Waals surface area contributed by atoms with Gasteiger partial charge in [-0.15, -0.1) is 0 Å². The van der Waals surface area contributed by atoms with Crippen molar-refractivity contribution < 1.29 is 9.90 Å². The number of hydrogen-bond donors (Lipinski definition) is 2. The Morgan fingerprint density at radius 3 is 2.43 bits per heavy atom. The fourth-order valence-corrected chi connectivity index (χ4v) is 0.962. The van der Waals surface area contributed by atoms with Gasteiger partial charge in [0.1, 0.15) is 0 Å². The summed E-state index contributed by atoms with van der Waals surface area (Å²) in [6.07, 6.45) is 3.59. The van der Waals surface area contributed by atoms with Crippen LogP contribution in [0.15, 0.2) is 36.5 Å². The molecule has 0 aromatic carbocycles. The van der Waals surface area contributed by atoms with Crippen molar-refractivity contribution in [3.63, 3.8) is 0 Å². The van der Waals surface area contributed by atoms with Crippen molar-refractivity contribution in [1.29, 1.82) is 0 Å². The van der Waals surface area contributed by atoms with Crippen molar-refractivity contribution >= 4 is 5.97 Å². The van der Waals surface area contributed by atoms with E-state index in [1.54, 1.807) is 12.2 Å². The lowest BCUT2D eigenvalue weighted by Gasteiger charge is -2.11. The van der Waals surface area contributed by atoms with Crippen LogP contribution in [0, 0.1) is 5.92 Å². The quantitative estimate of drug-likeness (QED) is 0.634. The largest absolute Gasteiger partial charge is 0.481 e. The molecule has 3 heteroatoms. The highest BCUT2D eigenvalue weighted by atomic mass is 16.4. The third-order valence-corrected chi connectivity index (χ3v) is 1.81. The average Bonchev–Trinajstić information content (AvgIpc) is 2.09. The number of rotatable bonds is 6. The molecule has 0 aliphatic rings. The number of carbonyl (C=O) groups is 1. The average molecular weight is 195 g/mol. The van der Waals surface area contributed by atoms with Gasteiger partial charge in [-0.2, -0.15) is 0 Å². The molecule has 1 unspecified atom stereocenters. The van der Waals surface area contributed by atoms with Crippen LogP contribution in [0.25, 0.3) is 0 Å². The first-order valence-electron chi connectivity index (χ1n) is 4.41. The third kappa shape index (κ3) is 5.32. The Morgan fingerprint density at radius 1 is 1.50 bits per heavy atom. The summed E-state index contributed by atoms with van der Waals surface area (Å²) in [5, 5.41) is 8.60. The van der Waals surface area contributed by atoms with Crippen molar-refractivity contribution in [3.05, 3.63) is 36.5 Å². The van der Waals surface area contributed by atoms with E-state index < -0.39 is 5.97 Å². The highest BCUT2D eigenvalue weighted by Gasteiger charge is 2.12. The van der Waals surface area contributed by atoms with Gasteiger partial charge in [0.2, 0.25) is 0 Å². The van der Waals surface area contributed by atoms with Crippen molar-refractivity contribution in [2.75, 3.05) is 6.54 Å². The van der Waals surface area contributed by atoms with Gasteiger partial charge in [0.05, 0.1) is 6.42 Å².